The standard InChI is InChI=1S/C25H21N/c1-26-25-23(20-13-7-3-8-14-20)17-22(19-11-5-2-6-12-19)18-24(25)21-15-9-4-10-16-21/h2-18,26H,1H3. The van der Waals surface area contributed by atoms with Gasteiger partial charge in [-0.2, -0.15) is 0 Å². The van der Waals surface area contributed by atoms with Gasteiger partial charge in [0.25, 0.3) is 0 Å². The number of nitrogens with one attached hydrogen (secondary N) is 1. The van der Waals surface area contributed by atoms with Crippen molar-refractivity contribution in [2.24, 2.45) is 0 Å². The minimum absolute atomic E-state index is 1.15. The molecule has 4 rings (SSSR count). The average molecular weight is 335 g/mol. The molecule has 0 aromatic heterocycles. The van der Waals surface area contributed by atoms with E-state index in [9.17, 15) is 0 Å². The molecule has 1 N–H and O–H groups in total. The summed E-state index contributed by atoms with van der Waals surface area (Å²) in [4.78, 5) is 0. The SMILES string of the molecule is CNc1c(-c2ccccc2)cc(-c2ccccc2)cc1-c1ccccc1. The monoisotopic (exact) mass is 335 g/mol. The van der Waals surface area contributed by atoms with Gasteiger partial charge in [-0.15, -0.1) is 0 Å². The predicted molar refractivity (Wildman–Crippen MR) is 112 cm³/mol. The molecule has 0 saturated heterocycles. The second-order valence-electron chi connectivity index (χ2n) is 6.29. The van der Waals surface area contributed by atoms with Gasteiger partial charge >= 0.3 is 0 Å². The van der Waals surface area contributed by atoms with Crippen LogP contribution in [0.4, 0.5) is 5.69 Å². The molecule has 1 heteroatoms. The highest BCUT2D eigenvalue weighted by Gasteiger charge is 2.14. The van der Waals surface area contributed by atoms with Crippen molar-refractivity contribution >= 4 is 5.69 Å². The highest BCUT2D eigenvalue weighted by molar-refractivity contribution is 5.94. The third-order valence-corrected chi connectivity index (χ3v) is 4.67. The minimum atomic E-state index is 1.15. The first kappa shape index (κ1) is 16.2. The van der Waals surface area contributed by atoms with Crippen molar-refractivity contribution in [3.63, 3.8) is 0 Å². The molecule has 126 valence electrons. The van der Waals surface area contributed by atoms with Gasteiger partial charge in [-0.25, -0.2) is 0 Å². The van der Waals surface area contributed by atoms with Crippen LogP contribution in [0.3, 0.4) is 0 Å². The summed E-state index contributed by atoms with van der Waals surface area (Å²) in [6.45, 7) is 0. The molecule has 4 aromatic carbocycles. The van der Waals surface area contributed by atoms with Crippen LogP contribution in [-0.4, -0.2) is 7.05 Å². The lowest BCUT2D eigenvalue weighted by molar-refractivity contribution is 1.48. The second-order valence-corrected chi connectivity index (χ2v) is 6.29. The van der Waals surface area contributed by atoms with Crippen molar-refractivity contribution in [1.29, 1.82) is 0 Å². The summed E-state index contributed by atoms with van der Waals surface area (Å²) in [7, 11) is 2.00. The summed E-state index contributed by atoms with van der Waals surface area (Å²) < 4.78 is 0. The van der Waals surface area contributed by atoms with E-state index in [4.69, 9.17) is 0 Å². The maximum atomic E-state index is 3.44. The lowest BCUT2D eigenvalue weighted by Gasteiger charge is -2.18. The zero-order valence-corrected chi connectivity index (χ0v) is 14.8. The van der Waals surface area contributed by atoms with Crippen molar-refractivity contribution in [2.75, 3.05) is 12.4 Å². The molecule has 0 amide bonds. The normalized spacial score (nSPS) is 10.5. The number of anilines is 1. The Labute approximate surface area is 155 Å². The molecular formula is C25H21N. The largest absolute Gasteiger partial charge is 0.387 e. The van der Waals surface area contributed by atoms with Crippen LogP contribution in [0, 0.1) is 0 Å². The molecule has 0 aliphatic heterocycles. The van der Waals surface area contributed by atoms with Gasteiger partial charge in [-0.1, -0.05) is 91.0 Å². The smallest absolute Gasteiger partial charge is 0.0497 e. The first-order valence-corrected chi connectivity index (χ1v) is 8.89. The number of benzene rings is 4. The topological polar surface area (TPSA) is 12.0 Å². The molecule has 26 heavy (non-hydrogen) atoms. The van der Waals surface area contributed by atoms with Gasteiger partial charge in [0.1, 0.15) is 0 Å². The van der Waals surface area contributed by atoms with Crippen molar-refractivity contribution in [2.45, 2.75) is 0 Å². The second kappa shape index (κ2) is 7.28. The summed E-state index contributed by atoms with van der Waals surface area (Å²) in [5.74, 6) is 0. The number of rotatable bonds is 4. The Morgan fingerprint density at radius 1 is 0.462 bits per heavy atom. The third-order valence-electron chi connectivity index (χ3n) is 4.67. The lowest BCUT2D eigenvalue weighted by Crippen LogP contribution is -1.97. The summed E-state index contributed by atoms with van der Waals surface area (Å²) in [5.41, 5.74) is 8.47. The maximum absolute atomic E-state index is 3.44. The first-order chi connectivity index (χ1) is 12.9. The van der Waals surface area contributed by atoms with Crippen LogP contribution in [0.15, 0.2) is 103 Å². The Morgan fingerprint density at radius 2 is 0.846 bits per heavy atom. The molecule has 0 radical (unpaired) electrons. The predicted octanol–water partition coefficient (Wildman–Crippen LogP) is 6.73. The van der Waals surface area contributed by atoms with E-state index < -0.39 is 0 Å². The van der Waals surface area contributed by atoms with Crippen LogP contribution < -0.4 is 5.32 Å². The average Bonchev–Trinajstić information content (AvgIpc) is 2.74. The van der Waals surface area contributed by atoms with Crippen LogP contribution in [-0.2, 0) is 0 Å². The summed E-state index contributed by atoms with van der Waals surface area (Å²) in [5, 5.41) is 3.44. The Hall–Kier alpha value is -3.32. The molecule has 0 aliphatic carbocycles. The van der Waals surface area contributed by atoms with E-state index in [2.05, 4.69) is 108 Å². The molecule has 0 saturated carbocycles. The van der Waals surface area contributed by atoms with Crippen molar-refractivity contribution in [3.8, 4) is 33.4 Å². The van der Waals surface area contributed by atoms with E-state index in [1.807, 2.05) is 7.05 Å². The van der Waals surface area contributed by atoms with E-state index in [0.29, 0.717) is 0 Å². The molecule has 0 spiro atoms. The highest BCUT2D eigenvalue weighted by atomic mass is 14.8. The van der Waals surface area contributed by atoms with Gasteiger partial charge in [0.15, 0.2) is 0 Å². The van der Waals surface area contributed by atoms with Crippen LogP contribution in [0.1, 0.15) is 0 Å². The Morgan fingerprint density at radius 3 is 1.23 bits per heavy atom. The Kier molecular flexibility index (Phi) is 4.53. The molecule has 0 atom stereocenters. The van der Waals surface area contributed by atoms with E-state index in [-0.39, 0.29) is 0 Å². The van der Waals surface area contributed by atoms with Gasteiger partial charge in [0, 0.05) is 23.9 Å². The van der Waals surface area contributed by atoms with Gasteiger partial charge in [-0.05, 0) is 34.4 Å². The van der Waals surface area contributed by atoms with Crippen LogP contribution in [0.2, 0.25) is 0 Å². The van der Waals surface area contributed by atoms with Crippen LogP contribution in [0.25, 0.3) is 33.4 Å². The quantitative estimate of drug-likeness (QED) is 0.436. The number of hydrogen-bond acceptors (Lipinski definition) is 1. The molecule has 0 fully saturated rings. The Balaban J connectivity index is 2.01. The van der Waals surface area contributed by atoms with E-state index in [1.165, 1.54) is 33.4 Å². The van der Waals surface area contributed by atoms with Crippen molar-refractivity contribution in [3.05, 3.63) is 103 Å². The van der Waals surface area contributed by atoms with Crippen molar-refractivity contribution < 1.29 is 0 Å². The third kappa shape index (κ3) is 3.12. The zero-order chi connectivity index (χ0) is 17.8. The van der Waals surface area contributed by atoms with Gasteiger partial charge in [0.05, 0.1) is 0 Å². The fourth-order valence-electron chi connectivity index (χ4n) is 3.40. The summed E-state index contributed by atoms with van der Waals surface area (Å²) in [6.07, 6.45) is 0. The van der Waals surface area contributed by atoms with Gasteiger partial charge in [-0.3, -0.25) is 0 Å². The fraction of sp³-hybridized carbons (Fsp3) is 0.0400. The zero-order valence-electron chi connectivity index (χ0n) is 14.8. The summed E-state index contributed by atoms with van der Waals surface area (Å²) in [6, 6.07) is 36.3. The molecule has 0 aliphatic rings. The first-order valence-electron chi connectivity index (χ1n) is 8.89. The molecule has 1 nitrogen and oxygen atoms in total. The van der Waals surface area contributed by atoms with Gasteiger partial charge < -0.3 is 5.32 Å². The van der Waals surface area contributed by atoms with Crippen LogP contribution >= 0.6 is 0 Å². The minimum Gasteiger partial charge on any atom is -0.387 e. The molecule has 0 heterocycles. The Bertz CT molecular complexity index is 929. The lowest BCUT2D eigenvalue weighted by atomic mass is 9.91. The summed E-state index contributed by atoms with van der Waals surface area (Å²) >= 11 is 0. The molecule has 0 unspecified atom stereocenters. The highest BCUT2D eigenvalue weighted by Crippen LogP contribution is 2.40. The van der Waals surface area contributed by atoms with E-state index in [1.54, 1.807) is 0 Å². The van der Waals surface area contributed by atoms with Gasteiger partial charge in [0.2, 0.25) is 0 Å². The molecule has 0 bridgehead atoms. The van der Waals surface area contributed by atoms with E-state index >= 15 is 0 Å². The maximum Gasteiger partial charge on any atom is 0.0497 e. The molecule has 4 aromatic rings. The van der Waals surface area contributed by atoms with Crippen LogP contribution in [0.5, 0.6) is 0 Å². The van der Waals surface area contributed by atoms with E-state index in [0.717, 1.165) is 5.69 Å². The van der Waals surface area contributed by atoms with Crippen molar-refractivity contribution in [1.82, 2.24) is 0 Å². The number of hydrogen-bond donors (Lipinski definition) is 1. The fourth-order valence-corrected chi connectivity index (χ4v) is 3.40. The molecular weight excluding hydrogens is 314 g/mol.